The first kappa shape index (κ1) is 13.9. The molecule has 110 valence electrons. The van der Waals surface area contributed by atoms with Crippen LogP contribution in [0.1, 0.15) is 44.1 Å². The van der Waals surface area contributed by atoms with Gasteiger partial charge in [-0.1, -0.05) is 31.0 Å². The lowest BCUT2D eigenvalue weighted by molar-refractivity contribution is 0.0793. The smallest absolute Gasteiger partial charge is 0.0564 e. The summed E-state index contributed by atoms with van der Waals surface area (Å²) >= 11 is 0. The van der Waals surface area contributed by atoms with Crippen molar-refractivity contribution in [1.29, 1.82) is 0 Å². The van der Waals surface area contributed by atoms with Crippen LogP contribution in [0.5, 0.6) is 0 Å². The molecule has 0 atom stereocenters. The van der Waals surface area contributed by atoms with Gasteiger partial charge in [0.25, 0.3) is 0 Å². The Morgan fingerprint density at radius 2 is 1.75 bits per heavy atom. The first-order valence-corrected chi connectivity index (χ1v) is 8.06. The highest BCUT2D eigenvalue weighted by molar-refractivity contribution is 5.51. The Labute approximate surface area is 122 Å². The molecule has 0 aromatic heterocycles. The quantitative estimate of drug-likeness (QED) is 0.886. The predicted molar refractivity (Wildman–Crippen MR) is 82.8 cm³/mol. The molecule has 1 heterocycles. The SMILES string of the molecule is OC1CCN(Cc2ccccc2NC2CCCC2)CC1. The average molecular weight is 274 g/mol. The van der Waals surface area contributed by atoms with E-state index in [1.165, 1.54) is 36.9 Å². The zero-order valence-corrected chi connectivity index (χ0v) is 12.2. The van der Waals surface area contributed by atoms with Crippen LogP contribution in [0, 0.1) is 0 Å². The van der Waals surface area contributed by atoms with Crippen molar-refractivity contribution in [2.75, 3.05) is 18.4 Å². The molecule has 1 aromatic rings. The molecule has 0 amide bonds. The van der Waals surface area contributed by atoms with E-state index in [-0.39, 0.29) is 6.10 Å². The minimum absolute atomic E-state index is 0.0851. The Bertz CT molecular complexity index is 421. The zero-order chi connectivity index (χ0) is 13.8. The largest absolute Gasteiger partial charge is 0.393 e. The second-order valence-corrected chi connectivity index (χ2v) is 6.29. The molecule has 2 aliphatic rings. The highest BCUT2D eigenvalue weighted by atomic mass is 16.3. The molecule has 0 spiro atoms. The van der Waals surface area contributed by atoms with Crippen molar-refractivity contribution in [2.24, 2.45) is 0 Å². The molecule has 3 rings (SSSR count). The molecule has 0 unspecified atom stereocenters. The molecule has 1 aliphatic heterocycles. The molecule has 0 radical (unpaired) electrons. The van der Waals surface area contributed by atoms with E-state index in [0.717, 1.165) is 32.5 Å². The van der Waals surface area contributed by atoms with E-state index in [1.54, 1.807) is 0 Å². The first-order chi connectivity index (χ1) is 9.81. The van der Waals surface area contributed by atoms with Crippen molar-refractivity contribution in [1.82, 2.24) is 4.90 Å². The highest BCUT2D eigenvalue weighted by Crippen LogP contribution is 2.25. The van der Waals surface area contributed by atoms with E-state index in [4.69, 9.17) is 0 Å². The lowest BCUT2D eigenvalue weighted by Gasteiger charge is -2.30. The summed E-state index contributed by atoms with van der Waals surface area (Å²) in [6, 6.07) is 9.38. The van der Waals surface area contributed by atoms with E-state index in [1.807, 2.05) is 0 Å². The lowest BCUT2D eigenvalue weighted by Crippen LogP contribution is -2.35. The van der Waals surface area contributed by atoms with Gasteiger partial charge in [0.2, 0.25) is 0 Å². The van der Waals surface area contributed by atoms with E-state index in [9.17, 15) is 5.11 Å². The number of aliphatic hydroxyl groups excluding tert-OH is 1. The molecular formula is C17H26N2O. The van der Waals surface area contributed by atoms with Crippen LogP contribution in [0.3, 0.4) is 0 Å². The number of piperidine rings is 1. The summed E-state index contributed by atoms with van der Waals surface area (Å²) in [7, 11) is 0. The first-order valence-electron chi connectivity index (χ1n) is 8.06. The standard InChI is InChI=1S/C17H26N2O/c20-16-9-11-19(12-10-16)13-14-5-1-4-8-17(14)18-15-6-2-3-7-15/h1,4-5,8,15-16,18,20H,2-3,6-7,9-13H2. The Hall–Kier alpha value is -1.06. The van der Waals surface area contributed by atoms with Gasteiger partial charge in [0.15, 0.2) is 0 Å². The van der Waals surface area contributed by atoms with E-state index in [0.29, 0.717) is 6.04 Å². The average Bonchev–Trinajstić information content (AvgIpc) is 2.96. The van der Waals surface area contributed by atoms with Gasteiger partial charge in [-0.2, -0.15) is 0 Å². The molecular weight excluding hydrogens is 248 g/mol. The summed E-state index contributed by atoms with van der Waals surface area (Å²) in [6.07, 6.45) is 7.09. The molecule has 1 aromatic carbocycles. The maximum absolute atomic E-state index is 9.60. The van der Waals surface area contributed by atoms with Gasteiger partial charge >= 0.3 is 0 Å². The summed E-state index contributed by atoms with van der Waals surface area (Å²) in [5.74, 6) is 0. The molecule has 3 nitrogen and oxygen atoms in total. The molecule has 1 aliphatic carbocycles. The number of anilines is 1. The normalized spacial score (nSPS) is 22.2. The van der Waals surface area contributed by atoms with Gasteiger partial charge in [0.1, 0.15) is 0 Å². The van der Waals surface area contributed by atoms with Crippen LogP contribution in [0.2, 0.25) is 0 Å². The van der Waals surface area contributed by atoms with E-state index >= 15 is 0 Å². The van der Waals surface area contributed by atoms with Crippen molar-refractivity contribution in [3.63, 3.8) is 0 Å². The number of hydrogen-bond donors (Lipinski definition) is 2. The fraction of sp³-hybridized carbons (Fsp3) is 0.647. The van der Waals surface area contributed by atoms with Crippen molar-refractivity contribution in [3.8, 4) is 0 Å². The number of aliphatic hydroxyl groups is 1. The maximum Gasteiger partial charge on any atom is 0.0564 e. The Morgan fingerprint density at radius 3 is 2.50 bits per heavy atom. The minimum atomic E-state index is -0.0851. The van der Waals surface area contributed by atoms with Crippen molar-refractivity contribution >= 4 is 5.69 Å². The molecule has 1 saturated heterocycles. The van der Waals surface area contributed by atoms with E-state index in [2.05, 4.69) is 34.5 Å². The van der Waals surface area contributed by atoms with Gasteiger partial charge in [0, 0.05) is 31.4 Å². The van der Waals surface area contributed by atoms with Crippen LogP contribution in [0.25, 0.3) is 0 Å². The summed E-state index contributed by atoms with van der Waals surface area (Å²) in [5, 5.41) is 13.3. The molecule has 20 heavy (non-hydrogen) atoms. The highest BCUT2D eigenvalue weighted by Gasteiger charge is 2.19. The van der Waals surface area contributed by atoms with Crippen molar-refractivity contribution < 1.29 is 5.11 Å². The number of hydrogen-bond acceptors (Lipinski definition) is 3. The molecule has 2 N–H and O–H groups in total. The molecule has 2 fully saturated rings. The third kappa shape index (κ3) is 3.53. The van der Waals surface area contributed by atoms with Crippen LogP contribution in [0.15, 0.2) is 24.3 Å². The monoisotopic (exact) mass is 274 g/mol. The maximum atomic E-state index is 9.60. The third-order valence-electron chi connectivity index (χ3n) is 4.68. The minimum Gasteiger partial charge on any atom is -0.393 e. The van der Waals surface area contributed by atoms with Gasteiger partial charge in [-0.25, -0.2) is 0 Å². The van der Waals surface area contributed by atoms with Crippen molar-refractivity contribution in [2.45, 2.75) is 57.2 Å². The van der Waals surface area contributed by atoms with Crippen molar-refractivity contribution in [3.05, 3.63) is 29.8 Å². The van der Waals surface area contributed by atoms with Crippen LogP contribution >= 0.6 is 0 Å². The fourth-order valence-corrected chi connectivity index (χ4v) is 3.41. The van der Waals surface area contributed by atoms with Gasteiger partial charge in [-0.15, -0.1) is 0 Å². The van der Waals surface area contributed by atoms with Crippen LogP contribution in [-0.2, 0) is 6.54 Å². The number of nitrogens with one attached hydrogen (secondary N) is 1. The second-order valence-electron chi connectivity index (χ2n) is 6.29. The van der Waals surface area contributed by atoms with Gasteiger partial charge in [-0.05, 0) is 37.3 Å². The summed E-state index contributed by atoms with van der Waals surface area (Å²) in [6.45, 7) is 3.03. The lowest BCUT2D eigenvalue weighted by atomic mass is 10.1. The Morgan fingerprint density at radius 1 is 1.05 bits per heavy atom. The predicted octanol–water partition coefficient (Wildman–Crippen LogP) is 3.00. The number of benzene rings is 1. The zero-order valence-electron chi connectivity index (χ0n) is 12.2. The summed E-state index contributed by atoms with van der Waals surface area (Å²) in [4.78, 5) is 2.46. The summed E-state index contributed by atoms with van der Waals surface area (Å²) in [5.41, 5.74) is 2.71. The number of para-hydroxylation sites is 1. The van der Waals surface area contributed by atoms with Crippen LogP contribution < -0.4 is 5.32 Å². The summed E-state index contributed by atoms with van der Waals surface area (Å²) < 4.78 is 0. The van der Waals surface area contributed by atoms with Crippen LogP contribution in [-0.4, -0.2) is 35.2 Å². The third-order valence-corrected chi connectivity index (χ3v) is 4.68. The molecule has 1 saturated carbocycles. The van der Waals surface area contributed by atoms with Gasteiger partial charge < -0.3 is 10.4 Å². The fourth-order valence-electron chi connectivity index (χ4n) is 3.41. The van der Waals surface area contributed by atoms with Gasteiger partial charge in [-0.3, -0.25) is 4.90 Å². The van der Waals surface area contributed by atoms with Crippen LogP contribution in [0.4, 0.5) is 5.69 Å². The van der Waals surface area contributed by atoms with Gasteiger partial charge in [0.05, 0.1) is 6.10 Å². The molecule has 0 bridgehead atoms. The Balaban J connectivity index is 1.63. The Kier molecular flexibility index (Phi) is 4.58. The number of nitrogens with zero attached hydrogens (tertiary/aromatic N) is 1. The molecule has 3 heteroatoms. The van der Waals surface area contributed by atoms with E-state index < -0.39 is 0 Å². The number of rotatable bonds is 4. The number of likely N-dealkylation sites (tertiary alicyclic amines) is 1. The topological polar surface area (TPSA) is 35.5 Å². The second kappa shape index (κ2) is 6.59.